The van der Waals surface area contributed by atoms with Gasteiger partial charge in [-0.1, -0.05) is 0 Å². The molecule has 0 aliphatic rings. The quantitative estimate of drug-likeness (QED) is 0.784. The number of H-pyrrole nitrogens is 1. The number of anilines is 1. The van der Waals surface area contributed by atoms with E-state index < -0.39 is 11.1 Å². The lowest BCUT2D eigenvalue weighted by molar-refractivity contribution is 0.232. The number of nitrogen functional groups attached to an aromatic ring is 1. The first-order valence-corrected chi connectivity index (χ1v) is 6.97. The van der Waals surface area contributed by atoms with Crippen LogP contribution >= 0.6 is 11.8 Å². The lowest BCUT2D eigenvalue weighted by Crippen LogP contribution is -2.33. The highest BCUT2D eigenvalue weighted by Crippen LogP contribution is 2.28. The maximum atomic E-state index is 11.3. The number of aromatic nitrogens is 4. The van der Waals surface area contributed by atoms with E-state index in [1.807, 2.05) is 13.8 Å². The zero-order valence-corrected chi connectivity index (χ0v) is 12.6. The van der Waals surface area contributed by atoms with Gasteiger partial charge >= 0.3 is 11.1 Å². The fraction of sp³-hybridized carbons (Fsp3) is 0.333. The van der Waals surface area contributed by atoms with Crippen molar-refractivity contribution >= 4 is 17.4 Å². The first-order valence-electron chi connectivity index (χ1n) is 6.15. The normalized spacial score (nSPS) is 10.9. The summed E-state index contributed by atoms with van der Waals surface area (Å²) >= 11 is 1.12. The summed E-state index contributed by atoms with van der Waals surface area (Å²) in [5, 5.41) is 3.23. The third kappa shape index (κ3) is 3.63. The van der Waals surface area contributed by atoms with Gasteiger partial charge in [-0.05, 0) is 37.7 Å². The molecule has 112 valence electrons. The zero-order chi connectivity index (χ0) is 15.6. The molecule has 9 heteroatoms. The highest BCUT2D eigenvalue weighted by molar-refractivity contribution is 7.99. The van der Waals surface area contributed by atoms with Crippen LogP contribution in [0.5, 0.6) is 5.88 Å². The van der Waals surface area contributed by atoms with Crippen LogP contribution in [0, 0.1) is 0 Å². The average Bonchev–Trinajstić information content (AvgIpc) is 2.39. The van der Waals surface area contributed by atoms with Crippen molar-refractivity contribution in [3.63, 3.8) is 0 Å². The van der Waals surface area contributed by atoms with Crippen molar-refractivity contribution in [2.45, 2.75) is 30.1 Å². The molecule has 0 fully saturated rings. The molecule has 0 saturated carbocycles. The Morgan fingerprint density at radius 3 is 2.71 bits per heavy atom. The summed E-state index contributed by atoms with van der Waals surface area (Å²) in [5.41, 5.74) is 4.61. The van der Waals surface area contributed by atoms with Crippen molar-refractivity contribution in [2.24, 2.45) is 7.05 Å². The Balaban J connectivity index is 2.34. The van der Waals surface area contributed by atoms with Gasteiger partial charge in [0.25, 0.3) is 0 Å². The molecule has 0 amide bonds. The van der Waals surface area contributed by atoms with Gasteiger partial charge in [-0.3, -0.25) is 19.4 Å². The Hall–Kier alpha value is -2.29. The molecule has 0 aromatic carbocycles. The molecule has 0 saturated heterocycles. The molecule has 0 aliphatic carbocycles. The van der Waals surface area contributed by atoms with E-state index in [0.717, 1.165) is 11.8 Å². The van der Waals surface area contributed by atoms with Gasteiger partial charge in [-0.2, -0.15) is 4.98 Å². The minimum absolute atomic E-state index is 0.0596. The van der Waals surface area contributed by atoms with Gasteiger partial charge in [0, 0.05) is 7.05 Å². The van der Waals surface area contributed by atoms with E-state index >= 15 is 0 Å². The largest absolute Gasteiger partial charge is 0.473 e. The molecule has 2 heterocycles. The minimum atomic E-state index is -0.843. The number of aryl methyl sites for hydroxylation is 1. The van der Waals surface area contributed by atoms with E-state index in [-0.39, 0.29) is 6.10 Å². The average molecular weight is 309 g/mol. The van der Waals surface area contributed by atoms with E-state index in [4.69, 9.17) is 10.5 Å². The molecule has 0 unspecified atom stereocenters. The predicted octanol–water partition coefficient (Wildman–Crippen LogP) is 0.384. The lowest BCUT2D eigenvalue weighted by Gasteiger charge is -2.12. The predicted molar refractivity (Wildman–Crippen MR) is 78.6 cm³/mol. The first-order chi connectivity index (χ1) is 9.86. The summed E-state index contributed by atoms with van der Waals surface area (Å²) in [6, 6.07) is 3.35. The second-order valence-electron chi connectivity index (χ2n) is 4.51. The molecule has 2 aromatic rings. The van der Waals surface area contributed by atoms with Gasteiger partial charge in [0.05, 0.1) is 11.8 Å². The summed E-state index contributed by atoms with van der Waals surface area (Å²) in [6.07, 6.45) is -0.0596. The maximum Gasteiger partial charge on any atom is 0.339 e. The third-order valence-corrected chi connectivity index (χ3v) is 3.34. The van der Waals surface area contributed by atoms with Crippen molar-refractivity contribution in [1.29, 1.82) is 0 Å². The van der Waals surface area contributed by atoms with Gasteiger partial charge in [0.15, 0.2) is 5.16 Å². The lowest BCUT2D eigenvalue weighted by atomic mass is 10.4. The molecule has 0 radical (unpaired) electrons. The Labute approximate surface area is 124 Å². The molecule has 8 nitrogen and oxygen atoms in total. The molecule has 0 bridgehead atoms. The molecular formula is C12H15N5O3S. The number of nitrogens with zero attached hydrogens (tertiary/aromatic N) is 3. The highest BCUT2D eigenvalue weighted by atomic mass is 32.2. The molecule has 3 N–H and O–H groups in total. The van der Waals surface area contributed by atoms with Crippen molar-refractivity contribution in [3.05, 3.63) is 32.8 Å². The van der Waals surface area contributed by atoms with Crippen LogP contribution in [0.15, 0.2) is 31.9 Å². The van der Waals surface area contributed by atoms with Crippen LogP contribution in [0.2, 0.25) is 0 Å². The fourth-order valence-electron chi connectivity index (χ4n) is 1.45. The SMILES string of the molecule is CC(C)Oc1nc(Sc2nc(=O)c(=O)[nH]n2C)ccc1N. The van der Waals surface area contributed by atoms with Crippen molar-refractivity contribution in [3.8, 4) is 5.88 Å². The van der Waals surface area contributed by atoms with E-state index in [0.29, 0.717) is 21.7 Å². The number of ether oxygens (including phenoxy) is 1. The van der Waals surface area contributed by atoms with Crippen LogP contribution in [-0.2, 0) is 7.05 Å². The number of nitrogens with two attached hydrogens (primary N) is 1. The summed E-state index contributed by atoms with van der Waals surface area (Å²) in [5.74, 6) is 0.324. The highest BCUT2D eigenvalue weighted by Gasteiger charge is 2.11. The van der Waals surface area contributed by atoms with E-state index in [1.54, 1.807) is 19.2 Å². The molecule has 21 heavy (non-hydrogen) atoms. The van der Waals surface area contributed by atoms with Gasteiger partial charge in [-0.15, -0.1) is 0 Å². The van der Waals surface area contributed by atoms with Gasteiger partial charge in [0.2, 0.25) is 5.88 Å². The van der Waals surface area contributed by atoms with Crippen molar-refractivity contribution in [1.82, 2.24) is 19.7 Å². The number of pyridine rings is 1. The summed E-state index contributed by atoms with van der Waals surface area (Å²) < 4.78 is 6.86. The van der Waals surface area contributed by atoms with E-state index in [9.17, 15) is 9.59 Å². The molecule has 2 rings (SSSR count). The Morgan fingerprint density at radius 1 is 1.33 bits per heavy atom. The standard InChI is InChI=1S/C12H15N5O3S/c1-6(2)20-11-7(13)4-5-8(14-11)21-12-15-9(18)10(19)16-17(12)3/h4-6H,13H2,1-3H3,(H,16,19). The van der Waals surface area contributed by atoms with Crippen LogP contribution in [0.3, 0.4) is 0 Å². The molecule has 2 aromatic heterocycles. The number of aromatic amines is 1. The van der Waals surface area contributed by atoms with Crippen molar-refractivity contribution < 1.29 is 4.74 Å². The Bertz CT molecular complexity index is 768. The molecule has 0 atom stereocenters. The number of hydrogen-bond donors (Lipinski definition) is 2. The third-order valence-electron chi connectivity index (χ3n) is 2.35. The summed E-state index contributed by atoms with van der Waals surface area (Å²) in [4.78, 5) is 30.4. The number of nitrogens with one attached hydrogen (secondary N) is 1. The number of hydrogen-bond acceptors (Lipinski definition) is 7. The van der Waals surface area contributed by atoms with Crippen LogP contribution in [0.25, 0.3) is 0 Å². The minimum Gasteiger partial charge on any atom is -0.473 e. The summed E-state index contributed by atoms with van der Waals surface area (Å²) in [7, 11) is 1.58. The van der Waals surface area contributed by atoms with E-state index in [1.165, 1.54) is 4.68 Å². The summed E-state index contributed by atoms with van der Waals surface area (Å²) in [6.45, 7) is 3.74. The number of rotatable bonds is 4. The van der Waals surface area contributed by atoms with E-state index in [2.05, 4.69) is 15.1 Å². The van der Waals surface area contributed by atoms with Gasteiger partial charge < -0.3 is 10.5 Å². The van der Waals surface area contributed by atoms with Gasteiger partial charge in [-0.25, -0.2) is 4.98 Å². The van der Waals surface area contributed by atoms with Crippen LogP contribution in [-0.4, -0.2) is 25.9 Å². The fourth-order valence-corrected chi connectivity index (χ4v) is 2.22. The van der Waals surface area contributed by atoms with Gasteiger partial charge in [0.1, 0.15) is 5.03 Å². The van der Waals surface area contributed by atoms with Crippen LogP contribution in [0.1, 0.15) is 13.8 Å². The Morgan fingerprint density at radius 2 is 2.05 bits per heavy atom. The second kappa shape index (κ2) is 6.00. The maximum absolute atomic E-state index is 11.3. The molecule has 0 aliphatic heterocycles. The first kappa shape index (κ1) is 15.1. The monoisotopic (exact) mass is 309 g/mol. The molecular weight excluding hydrogens is 294 g/mol. The topological polar surface area (TPSA) is 116 Å². The zero-order valence-electron chi connectivity index (χ0n) is 11.8. The molecule has 0 spiro atoms. The smallest absolute Gasteiger partial charge is 0.339 e. The van der Waals surface area contributed by atoms with Crippen molar-refractivity contribution in [2.75, 3.05) is 5.73 Å². The second-order valence-corrected chi connectivity index (χ2v) is 5.50. The Kier molecular flexibility index (Phi) is 4.32. The van der Waals surface area contributed by atoms with Crippen LogP contribution in [0.4, 0.5) is 5.69 Å². The van der Waals surface area contributed by atoms with Crippen LogP contribution < -0.4 is 21.6 Å².